The van der Waals surface area contributed by atoms with Gasteiger partial charge in [0.1, 0.15) is 11.1 Å². The zero-order valence-corrected chi connectivity index (χ0v) is 14.5. The number of carboxylic acid groups (broad SMARTS) is 1. The van der Waals surface area contributed by atoms with Crippen LogP contribution in [0.25, 0.3) is 5.65 Å². The Hall–Kier alpha value is -2.90. The normalized spacial score (nSPS) is 25.1. The van der Waals surface area contributed by atoms with Crippen LogP contribution in [-0.4, -0.2) is 68.3 Å². The number of likely N-dealkylation sites (tertiary alicyclic amines) is 2. The van der Waals surface area contributed by atoms with Gasteiger partial charge in [0.15, 0.2) is 0 Å². The van der Waals surface area contributed by atoms with E-state index < -0.39 is 17.3 Å². The van der Waals surface area contributed by atoms with Crippen molar-refractivity contribution in [1.29, 1.82) is 0 Å². The number of imidazole rings is 1. The maximum atomic E-state index is 12.8. The van der Waals surface area contributed by atoms with Crippen LogP contribution in [0.3, 0.4) is 0 Å². The van der Waals surface area contributed by atoms with E-state index in [0.29, 0.717) is 6.54 Å². The predicted octanol–water partition coefficient (Wildman–Crippen LogP) is 0.268. The van der Waals surface area contributed by atoms with Gasteiger partial charge in [-0.05, 0) is 19.1 Å². The lowest BCUT2D eigenvalue weighted by molar-refractivity contribution is -0.150. The van der Waals surface area contributed by atoms with Crippen LogP contribution in [0.15, 0.2) is 30.6 Å². The van der Waals surface area contributed by atoms with E-state index in [2.05, 4.69) is 4.98 Å². The molecule has 2 atom stereocenters. The highest BCUT2D eigenvalue weighted by atomic mass is 16.4. The van der Waals surface area contributed by atoms with Gasteiger partial charge in [0, 0.05) is 38.6 Å². The molecule has 2 fully saturated rings. The second-order valence-corrected chi connectivity index (χ2v) is 7.00. The van der Waals surface area contributed by atoms with Gasteiger partial charge in [0.05, 0.1) is 18.0 Å². The van der Waals surface area contributed by atoms with Crippen LogP contribution >= 0.6 is 0 Å². The van der Waals surface area contributed by atoms with Gasteiger partial charge in [0.25, 0.3) is 0 Å². The predicted molar refractivity (Wildman–Crippen MR) is 91.3 cm³/mol. The maximum Gasteiger partial charge on any atom is 0.314 e. The van der Waals surface area contributed by atoms with Crippen LogP contribution in [0, 0.1) is 11.3 Å². The van der Waals surface area contributed by atoms with Gasteiger partial charge >= 0.3 is 5.97 Å². The first-order chi connectivity index (χ1) is 12.5. The van der Waals surface area contributed by atoms with E-state index in [0.717, 1.165) is 11.3 Å². The molecule has 0 spiro atoms. The largest absolute Gasteiger partial charge is 0.481 e. The second kappa shape index (κ2) is 5.82. The standard InChI is InChI=1S/C18H20N4O4/c1-2-20-10-18(17(25)26)11-21(9-13(18)16(20)24)15(23)7-12-8-19-14-5-3-4-6-22(12)14/h3-6,8,13H,2,7,9-11H2,1H3,(H,25,26)/t13-,18+/m1/s1. The molecule has 8 nitrogen and oxygen atoms in total. The fourth-order valence-electron chi connectivity index (χ4n) is 4.15. The second-order valence-electron chi connectivity index (χ2n) is 7.00. The van der Waals surface area contributed by atoms with E-state index in [9.17, 15) is 19.5 Å². The summed E-state index contributed by atoms with van der Waals surface area (Å²) >= 11 is 0. The minimum Gasteiger partial charge on any atom is -0.481 e. The molecule has 2 aliphatic heterocycles. The molecular weight excluding hydrogens is 336 g/mol. The molecule has 4 rings (SSSR count). The Morgan fingerprint density at radius 1 is 1.35 bits per heavy atom. The highest BCUT2D eigenvalue weighted by Crippen LogP contribution is 2.43. The summed E-state index contributed by atoms with van der Waals surface area (Å²) in [6.07, 6.45) is 3.62. The molecule has 0 radical (unpaired) electrons. The van der Waals surface area contributed by atoms with E-state index in [4.69, 9.17) is 0 Å². The Labute approximate surface area is 150 Å². The van der Waals surface area contributed by atoms with Crippen LogP contribution in [0.5, 0.6) is 0 Å². The number of aromatic nitrogens is 2. The molecule has 8 heteroatoms. The lowest BCUT2D eigenvalue weighted by Crippen LogP contribution is -2.42. The summed E-state index contributed by atoms with van der Waals surface area (Å²) in [6.45, 7) is 2.73. The third kappa shape index (κ3) is 2.28. The first kappa shape index (κ1) is 16.6. The summed E-state index contributed by atoms with van der Waals surface area (Å²) < 4.78 is 1.84. The van der Waals surface area contributed by atoms with Gasteiger partial charge in [-0.25, -0.2) is 4.98 Å². The van der Waals surface area contributed by atoms with Crippen LogP contribution in [0.4, 0.5) is 0 Å². The Morgan fingerprint density at radius 2 is 2.15 bits per heavy atom. The van der Waals surface area contributed by atoms with Crippen molar-refractivity contribution in [3.8, 4) is 0 Å². The van der Waals surface area contributed by atoms with Crippen LogP contribution in [0.2, 0.25) is 0 Å². The highest BCUT2D eigenvalue weighted by Gasteiger charge is 2.62. The average molecular weight is 356 g/mol. The molecule has 2 aliphatic rings. The number of nitrogens with zero attached hydrogens (tertiary/aromatic N) is 4. The number of hydrogen-bond donors (Lipinski definition) is 1. The number of hydrogen-bond acceptors (Lipinski definition) is 4. The Balaban J connectivity index is 1.56. The molecule has 2 saturated heterocycles. The smallest absolute Gasteiger partial charge is 0.314 e. The van der Waals surface area contributed by atoms with Crippen molar-refractivity contribution < 1.29 is 19.5 Å². The van der Waals surface area contributed by atoms with Crippen molar-refractivity contribution in [2.24, 2.45) is 11.3 Å². The summed E-state index contributed by atoms with van der Waals surface area (Å²) in [5, 5.41) is 9.77. The zero-order chi connectivity index (χ0) is 18.5. The number of pyridine rings is 1. The number of carboxylic acids is 1. The van der Waals surface area contributed by atoms with Gasteiger partial charge in [-0.2, -0.15) is 0 Å². The molecule has 136 valence electrons. The number of carbonyl (C=O) groups excluding carboxylic acids is 2. The number of aliphatic carboxylic acids is 1. The first-order valence-electron chi connectivity index (χ1n) is 8.67. The number of fused-ring (bicyclic) bond motifs is 2. The summed E-state index contributed by atoms with van der Waals surface area (Å²) in [5.74, 6) is -2.01. The Morgan fingerprint density at radius 3 is 2.85 bits per heavy atom. The molecule has 0 unspecified atom stereocenters. The number of carbonyl (C=O) groups is 3. The van der Waals surface area contributed by atoms with E-state index in [1.54, 1.807) is 11.1 Å². The van der Waals surface area contributed by atoms with Gasteiger partial charge < -0.3 is 19.3 Å². The average Bonchev–Trinajstić information content (AvgIpc) is 3.28. The fraction of sp³-hybridized carbons (Fsp3) is 0.444. The molecule has 0 aliphatic carbocycles. The molecule has 0 bridgehead atoms. The molecule has 0 saturated carbocycles. The van der Waals surface area contributed by atoms with Crippen LogP contribution < -0.4 is 0 Å². The number of amides is 2. The Bertz CT molecular complexity index is 907. The van der Waals surface area contributed by atoms with Crippen molar-refractivity contribution in [2.75, 3.05) is 26.2 Å². The van der Waals surface area contributed by atoms with E-state index >= 15 is 0 Å². The summed E-state index contributed by atoms with van der Waals surface area (Å²) in [5.41, 5.74) is 0.306. The summed E-state index contributed by atoms with van der Waals surface area (Å²) in [7, 11) is 0. The number of rotatable bonds is 4. The molecule has 4 heterocycles. The monoisotopic (exact) mass is 356 g/mol. The van der Waals surface area contributed by atoms with Crippen molar-refractivity contribution in [1.82, 2.24) is 19.2 Å². The minimum atomic E-state index is -1.19. The summed E-state index contributed by atoms with van der Waals surface area (Å²) in [6, 6.07) is 5.59. The molecule has 2 aromatic rings. The maximum absolute atomic E-state index is 12.8. The molecule has 1 N–H and O–H groups in total. The van der Waals surface area contributed by atoms with Gasteiger partial charge in [-0.1, -0.05) is 6.07 Å². The highest BCUT2D eigenvalue weighted by molar-refractivity contribution is 5.94. The van der Waals surface area contributed by atoms with E-state index in [1.165, 1.54) is 4.90 Å². The van der Waals surface area contributed by atoms with Crippen LogP contribution in [-0.2, 0) is 20.8 Å². The third-order valence-electron chi connectivity index (χ3n) is 5.61. The lowest BCUT2D eigenvalue weighted by Gasteiger charge is -2.24. The SMILES string of the molecule is CCN1C[C@]2(C(=O)O)CN(C(=O)Cc3cnc4ccccn34)C[C@@H]2C1=O. The van der Waals surface area contributed by atoms with Crippen molar-refractivity contribution in [3.05, 3.63) is 36.3 Å². The quantitative estimate of drug-likeness (QED) is 0.848. The summed E-state index contributed by atoms with van der Waals surface area (Å²) in [4.78, 5) is 44.6. The first-order valence-corrected chi connectivity index (χ1v) is 8.67. The van der Waals surface area contributed by atoms with Crippen molar-refractivity contribution in [2.45, 2.75) is 13.3 Å². The lowest BCUT2D eigenvalue weighted by atomic mass is 9.81. The molecule has 2 aromatic heterocycles. The zero-order valence-electron chi connectivity index (χ0n) is 14.5. The van der Waals surface area contributed by atoms with Gasteiger partial charge in [-0.3, -0.25) is 14.4 Å². The molecule has 2 amide bonds. The molecular formula is C18H20N4O4. The minimum absolute atomic E-state index is 0.0742. The fourth-order valence-corrected chi connectivity index (χ4v) is 4.15. The third-order valence-corrected chi connectivity index (χ3v) is 5.61. The topological polar surface area (TPSA) is 95.2 Å². The molecule has 26 heavy (non-hydrogen) atoms. The molecule has 0 aromatic carbocycles. The van der Waals surface area contributed by atoms with Gasteiger partial charge in [-0.15, -0.1) is 0 Å². The van der Waals surface area contributed by atoms with Crippen LogP contribution in [0.1, 0.15) is 12.6 Å². The van der Waals surface area contributed by atoms with E-state index in [1.807, 2.05) is 35.7 Å². The van der Waals surface area contributed by atoms with Gasteiger partial charge in [0.2, 0.25) is 11.8 Å². The Kier molecular flexibility index (Phi) is 3.71. The van der Waals surface area contributed by atoms with Crippen molar-refractivity contribution in [3.63, 3.8) is 0 Å². The van der Waals surface area contributed by atoms with Crippen molar-refractivity contribution >= 4 is 23.4 Å². The van der Waals surface area contributed by atoms with E-state index in [-0.39, 0.29) is 37.9 Å².